The number of nitrogens with zero attached hydrogens (tertiary/aromatic N) is 4. The van der Waals surface area contributed by atoms with Crippen LogP contribution in [-0.2, 0) is 20.9 Å². The fourth-order valence-electron chi connectivity index (χ4n) is 4.21. The van der Waals surface area contributed by atoms with Crippen molar-refractivity contribution in [2.24, 2.45) is 5.73 Å². The molecular weight excluding hydrogens is 427 g/mol. The number of benzene rings is 1. The maximum absolute atomic E-state index is 15.1. The van der Waals surface area contributed by atoms with Crippen LogP contribution < -0.4 is 15.5 Å². The minimum atomic E-state index is -0.644. The Bertz CT molecular complexity index is 973. The average Bonchev–Trinajstić information content (AvgIpc) is 2.84. The van der Waals surface area contributed by atoms with Crippen LogP contribution in [-0.4, -0.2) is 61.2 Å². The molecule has 3 heterocycles. The summed E-state index contributed by atoms with van der Waals surface area (Å²) in [6, 6.07) is 5.10. The van der Waals surface area contributed by atoms with Gasteiger partial charge in [-0.3, -0.25) is 10.2 Å². The number of hydrogen-bond acceptors (Lipinski definition) is 8. The molecule has 2 saturated heterocycles. The lowest BCUT2D eigenvalue weighted by molar-refractivity contribution is -0.143. The van der Waals surface area contributed by atoms with Crippen LogP contribution in [0.3, 0.4) is 0 Å². The number of carbonyl (C=O) groups is 1. The highest BCUT2D eigenvalue weighted by Crippen LogP contribution is 2.32. The van der Waals surface area contributed by atoms with Crippen molar-refractivity contribution in [2.75, 3.05) is 49.2 Å². The van der Waals surface area contributed by atoms with Crippen LogP contribution in [0.1, 0.15) is 36.3 Å². The molecule has 4 rings (SSSR count). The van der Waals surface area contributed by atoms with Gasteiger partial charge in [0, 0.05) is 44.1 Å². The van der Waals surface area contributed by atoms with Gasteiger partial charge in [0.05, 0.1) is 18.9 Å². The fraction of sp³-hybridized carbons (Fsp3) is 0.478. The summed E-state index contributed by atoms with van der Waals surface area (Å²) in [6.07, 6.45) is 5.27. The molecule has 3 N–H and O–H groups in total. The summed E-state index contributed by atoms with van der Waals surface area (Å²) in [5.41, 5.74) is 7.12. The zero-order valence-electron chi connectivity index (χ0n) is 18.5. The van der Waals surface area contributed by atoms with Gasteiger partial charge < -0.3 is 25.0 Å². The predicted molar refractivity (Wildman–Crippen MR) is 122 cm³/mol. The average molecular weight is 457 g/mol. The smallest absolute Gasteiger partial charge is 0.313 e. The second kappa shape index (κ2) is 10.6. The molecule has 0 saturated carbocycles. The lowest BCUT2D eigenvalue weighted by Gasteiger charge is -2.34. The predicted octanol–water partition coefficient (Wildman–Crippen LogP) is 2.21. The van der Waals surface area contributed by atoms with E-state index >= 15 is 4.39 Å². The number of rotatable bonds is 7. The number of carbonyl (C=O) groups excluding carboxylic acids is 1. The first kappa shape index (κ1) is 22.9. The highest BCUT2D eigenvalue weighted by molar-refractivity contribution is 5.94. The Morgan fingerprint density at radius 2 is 1.85 bits per heavy atom. The number of anilines is 2. The summed E-state index contributed by atoms with van der Waals surface area (Å²) in [7, 11) is 0. The molecule has 1 aromatic heterocycles. The lowest BCUT2D eigenvalue weighted by atomic mass is 9.91. The second-order valence-electron chi connectivity index (χ2n) is 8.29. The number of hydrogen-bond donors (Lipinski definition) is 2. The normalized spacial score (nSPS) is 17.1. The van der Waals surface area contributed by atoms with Crippen molar-refractivity contribution in [3.05, 3.63) is 47.5 Å². The zero-order chi connectivity index (χ0) is 23.2. The summed E-state index contributed by atoms with van der Waals surface area (Å²) >= 11 is 0. The van der Waals surface area contributed by atoms with Crippen molar-refractivity contribution in [1.82, 2.24) is 9.97 Å². The number of ether oxygens (including phenoxy) is 2. The molecule has 9 nitrogen and oxygen atoms in total. The molecule has 1 aromatic carbocycles. The van der Waals surface area contributed by atoms with E-state index in [1.165, 1.54) is 0 Å². The summed E-state index contributed by atoms with van der Waals surface area (Å²) in [6.45, 7) is 4.23. The Morgan fingerprint density at radius 1 is 1.15 bits per heavy atom. The van der Waals surface area contributed by atoms with Crippen molar-refractivity contribution >= 4 is 23.4 Å². The number of aromatic nitrogens is 2. The number of morpholine rings is 1. The van der Waals surface area contributed by atoms with Crippen molar-refractivity contribution < 1.29 is 18.7 Å². The Morgan fingerprint density at radius 3 is 2.52 bits per heavy atom. The molecule has 2 aliphatic rings. The topological polar surface area (TPSA) is 118 Å². The molecular formula is C23H29FN6O3. The summed E-state index contributed by atoms with van der Waals surface area (Å²) in [5.74, 6) is -0.237. The number of nitrogens with one attached hydrogen (secondary N) is 1. The lowest BCUT2D eigenvalue weighted by Crippen LogP contribution is -2.37. The molecule has 0 unspecified atom stereocenters. The molecule has 0 spiro atoms. The Labute approximate surface area is 192 Å². The van der Waals surface area contributed by atoms with E-state index in [2.05, 4.69) is 14.9 Å². The summed E-state index contributed by atoms with van der Waals surface area (Å²) < 4.78 is 25.5. The van der Waals surface area contributed by atoms with E-state index in [9.17, 15) is 4.79 Å². The SMILES string of the molecule is N=C(N)CC(=O)OCc1cccc(N2CCC(c3cnc(N4CCOCC4)nc3)CC2)c1F. The summed E-state index contributed by atoms with van der Waals surface area (Å²) in [4.78, 5) is 24.9. The molecule has 0 atom stereocenters. The van der Waals surface area contributed by atoms with Crippen LogP contribution >= 0.6 is 0 Å². The molecule has 2 fully saturated rings. The number of amidine groups is 1. The number of nitrogens with two attached hydrogens (primary N) is 1. The maximum Gasteiger partial charge on any atom is 0.313 e. The number of esters is 1. The van der Waals surface area contributed by atoms with E-state index in [0.717, 1.165) is 37.4 Å². The van der Waals surface area contributed by atoms with Crippen LogP contribution in [0.15, 0.2) is 30.6 Å². The van der Waals surface area contributed by atoms with E-state index in [1.54, 1.807) is 18.2 Å². The van der Waals surface area contributed by atoms with Crippen LogP contribution in [0.4, 0.5) is 16.0 Å². The highest BCUT2D eigenvalue weighted by Gasteiger charge is 2.24. The van der Waals surface area contributed by atoms with E-state index in [-0.39, 0.29) is 24.7 Å². The van der Waals surface area contributed by atoms with E-state index in [1.807, 2.05) is 17.3 Å². The number of piperidine rings is 1. The van der Waals surface area contributed by atoms with Gasteiger partial charge in [0.1, 0.15) is 18.9 Å². The molecule has 33 heavy (non-hydrogen) atoms. The van der Waals surface area contributed by atoms with Crippen molar-refractivity contribution in [1.29, 1.82) is 5.41 Å². The van der Waals surface area contributed by atoms with Gasteiger partial charge >= 0.3 is 5.97 Å². The van der Waals surface area contributed by atoms with Gasteiger partial charge in [0.25, 0.3) is 0 Å². The standard InChI is InChI=1S/C23H29FN6O3/c24-22-17(15-33-21(31)12-20(25)26)2-1-3-19(22)29-6-4-16(5-7-29)18-13-27-23(28-14-18)30-8-10-32-11-9-30/h1-3,13-14,16H,4-12,15H2,(H3,25,26). The zero-order valence-corrected chi connectivity index (χ0v) is 18.5. The Balaban J connectivity index is 1.34. The molecule has 2 aromatic rings. The number of halogens is 1. The third-order valence-electron chi connectivity index (χ3n) is 6.04. The van der Waals surface area contributed by atoms with Crippen LogP contribution in [0.2, 0.25) is 0 Å². The molecule has 0 radical (unpaired) electrons. The fourth-order valence-corrected chi connectivity index (χ4v) is 4.21. The minimum absolute atomic E-state index is 0.185. The van der Waals surface area contributed by atoms with Crippen molar-refractivity contribution in [3.8, 4) is 0 Å². The monoisotopic (exact) mass is 456 g/mol. The maximum atomic E-state index is 15.1. The van der Waals surface area contributed by atoms with Gasteiger partial charge in [-0.25, -0.2) is 14.4 Å². The molecule has 2 aliphatic heterocycles. The van der Waals surface area contributed by atoms with Gasteiger partial charge in [0.15, 0.2) is 5.82 Å². The molecule has 0 aliphatic carbocycles. The first-order chi connectivity index (χ1) is 16.0. The van der Waals surface area contributed by atoms with E-state index in [0.29, 0.717) is 43.5 Å². The van der Waals surface area contributed by atoms with E-state index in [4.69, 9.17) is 20.6 Å². The van der Waals surface area contributed by atoms with Gasteiger partial charge in [-0.1, -0.05) is 12.1 Å². The van der Waals surface area contributed by atoms with Crippen LogP contribution in [0, 0.1) is 11.2 Å². The molecule has 0 bridgehead atoms. The van der Waals surface area contributed by atoms with Crippen molar-refractivity contribution in [3.63, 3.8) is 0 Å². The quantitative estimate of drug-likeness (QED) is 0.370. The molecule has 10 heteroatoms. The minimum Gasteiger partial charge on any atom is -0.460 e. The largest absolute Gasteiger partial charge is 0.460 e. The third-order valence-corrected chi connectivity index (χ3v) is 6.04. The van der Waals surface area contributed by atoms with Gasteiger partial charge in [-0.2, -0.15) is 0 Å². The second-order valence-corrected chi connectivity index (χ2v) is 8.29. The van der Waals surface area contributed by atoms with Crippen molar-refractivity contribution in [2.45, 2.75) is 31.8 Å². The Kier molecular flexibility index (Phi) is 7.33. The molecule has 0 amide bonds. The third kappa shape index (κ3) is 5.75. The summed E-state index contributed by atoms with van der Waals surface area (Å²) in [5, 5.41) is 7.14. The molecule has 176 valence electrons. The highest BCUT2D eigenvalue weighted by atomic mass is 19.1. The van der Waals surface area contributed by atoms with Gasteiger partial charge in [-0.15, -0.1) is 0 Å². The van der Waals surface area contributed by atoms with Crippen LogP contribution in [0.25, 0.3) is 0 Å². The first-order valence-electron chi connectivity index (χ1n) is 11.2. The first-order valence-corrected chi connectivity index (χ1v) is 11.2. The van der Waals surface area contributed by atoms with Gasteiger partial charge in [-0.05, 0) is 30.4 Å². The van der Waals surface area contributed by atoms with E-state index < -0.39 is 5.97 Å². The Hall–Kier alpha value is -3.27. The van der Waals surface area contributed by atoms with Crippen LogP contribution in [0.5, 0.6) is 0 Å². The van der Waals surface area contributed by atoms with Gasteiger partial charge in [0.2, 0.25) is 5.95 Å².